The number of nitrogens with zero attached hydrogens (tertiary/aromatic N) is 2. The summed E-state index contributed by atoms with van der Waals surface area (Å²) in [6.45, 7) is 8.21. The average molecular weight is 473 g/mol. The largest absolute Gasteiger partial charge is 0.480 e. The van der Waals surface area contributed by atoms with Gasteiger partial charge in [-0.05, 0) is 57.1 Å². The van der Waals surface area contributed by atoms with E-state index in [1.165, 1.54) is 17.6 Å². The summed E-state index contributed by atoms with van der Waals surface area (Å²) < 4.78 is 17.0. The second kappa shape index (κ2) is 11.5. The number of benzene rings is 1. The number of aliphatic carboxylic acids is 1. The van der Waals surface area contributed by atoms with Gasteiger partial charge >= 0.3 is 12.1 Å². The molecule has 186 valence electrons. The quantitative estimate of drug-likeness (QED) is 0.534. The standard InChI is InChI=1S/C26H36N2O6/c1-16(2)23(25(29)30)28(26(31)32-5)14-19-7-6-8-21(13-19)33-15-22-18(4)34-24(27-22)20-11-9-17(3)10-12-20/h9-12,16,19,21,23H,6-8,13-15H2,1-5H3,(H,29,30). The highest BCUT2D eigenvalue weighted by molar-refractivity contribution is 5.80. The Bertz CT molecular complexity index is 968. The molecular formula is C26H36N2O6. The maximum absolute atomic E-state index is 12.4. The molecular weight excluding hydrogens is 436 g/mol. The van der Waals surface area contributed by atoms with Crippen molar-refractivity contribution in [2.45, 2.75) is 72.1 Å². The predicted octanol–water partition coefficient (Wildman–Crippen LogP) is 5.21. The number of aryl methyl sites for hydroxylation is 2. The minimum atomic E-state index is -1.02. The van der Waals surface area contributed by atoms with Gasteiger partial charge in [-0.2, -0.15) is 0 Å². The summed E-state index contributed by atoms with van der Waals surface area (Å²) in [5, 5.41) is 9.68. The van der Waals surface area contributed by atoms with Crippen molar-refractivity contribution < 1.29 is 28.6 Å². The molecule has 1 fully saturated rings. The van der Waals surface area contributed by atoms with Gasteiger partial charge in [-0.15, -0.1) is 0 Å². The minimum absolute atomic E-state index is 0.0134. The molecule has 3 rings (SSSR count). The SMILES string of the molecule is COC(=O)N(CC1CCCC(OCc2nc(-c3ccc(C)cc3)oc2C)C1)C(C(=O)O)C(C)C. The van der Waals surface area contributed by atoms with Gasteiger partial charge < -0.3 is 19.0 Å². The molecule has 0 bridgehead atoms. The number of oxazole rings is 1. The first kappa shape index (κ1) is 25.7. The van der Waals surface area contributed by atoms with E-state index >= 15 is 0 Å². The number of hydrogen-bond acceptors (Lipinski definition) is 6. The third kappa shape index (κ3) is 6.38. The molecule has 34 heavy (non-hydrogen) atoms. The van der Waals surface area contributed by atoms with E-state index in [1.54, 1.807) is 13.8 Å². The van der Waals surface area contributed by atoms with E-state index in [4.69, 9.17) is 13.9 Å². The van der Waals surface area contributed by atoms with Crippen LogP contribution in [0.4, 0.5) is 4.79 Å². The van der Waals surface area contributed by atoms with Crippen LogP contribution in [0.1, 0.15) is 56.5 Å². The van der Waals surface area contributed by atoms with E-state index in [0.29, 0.717) is 19.0 Å². The van der Waals surface area contributed by atoms with E-state index in [9.17, 15) is 14.7 Å². The highest BCUT2D eigenvalue weighted by Gasteiger charge is 2.36. The lowest BCUT2D eigenvalue weighted by Gasteiger charge is -2.36. The van der Waals surface area contributed by atoms with Crippen molar-refractivity contribution in [3.05, 3.63) is 41.3 Å². The number of aromatic nitrogens is 1. The highest BCUT2D eigenvalue weighted by atomic mass is 16.5. The first-order valence-corrected chi connectivity index (χ1v) is 11.9. The predicted molar refractivity (Wildman–Crippen MR) is 127 cm³/mol. The lowest BCUT2D eigenvalue weighted by atomic mass is 9.86. The number of rotatable bonds is 9. The summed E-state index contributed by atoms with van der Waals surface area (Å²) in [5.41, 5.74) is 2.88. The normalized spacial score (nSPS) is 19.1. The zero-order valence-corrected chi connectivity index (χ0v) is 20.7. The fourth-order valence-corrected chi connectivity index (χ4v) is 4.61. The van der Waals surface area contributed by atoms with E-state index in [-0.39, 0.29) is 17.9 Å². The van der Waals surface area contributed by atoms with Crippen LogP contribution in [0.3, 0.4) is 0 Å². The van der Waals surface area contributed by atoms with E-state index in [2.05, 4.69) is 4.98 Å². The molecule has 0 spiro atoms. The van der Waals surface area contributed by atoms with Gasteiger partial charge in [0.2, 0.25) is 5.89 Å². The van der Waals surface area contributed by atoms with Crippen LogP contribution in [0.15, 0.2) is 28.7 Å². The fraction of sp³-hybridized carbons (Fsp3) is 0.577. The molecule has 1 heterocycles. The number of carboxylic acids is 1. The number of amides is 1. The van der Waals surface area contributed by atoms with Gasteiger partial charge in [0.1, 0.15) is 17.5 Å². The molecule has 1 aromatic carbocycles. The van der Waals surface area contributed by atoms with Crippen LogP contribution >= 0.6 is 0 Å². The van der Waals surface area contributed by atoms with Gasteiger partial charge in [-0.3, -0.25) is 4.90 Å². The fourth-order valence-electron chi connectivity index (χ4n) is 4.61. The van der Waals surface area contributed by atoms with Gasteiger partial charge in [0.05, 0.1) is 19.8 Å². The smallest absolute Gasteiger partial charge is 0.410 e. The van der Waals surface area contributed by atoms with Gasteiger partial charge in [-0.25, -0.2) is 14.6 Å². The lowest BCUT2D eigenvalue weighted by molar-refractivity contribution is -0.144. The summed E-state index contributed by atoms with van der Waals surface area (Å²) in [4.78, 5) is 30.2. The first-order chi connectivity index (χ1) is 16.2. The first-order valence-electron chi connectivity index (χ1n) is 11.9. The zero-order valence-electron chi connectivity index (χ0n) is 20.7. The van der Waals surface area contributed by atoms with Crippen LogP contribution in [-0.2, 0) is 20.9 Å². The van der Waals surface area contributed by atoms with Gasteiger partial charge in [0.15, 0.2) is 0 Å². The molecule has 1 N–H and O–H groups in total. The Morgan fingerprint density at radius 2 is 1.91 bits per heavy atom. The van der Waals surface area contributed by atoms with Crippen LogP contribution < -0.4 is 0 Å². The number of carbonyl (C=O) groups is 2. The molecule has 0 radical (unpaired) electrons. The van der Waals surface area contributed by atoms with Crippen molar-refractivity contribution in [2.75, 3.05) is 13.7 Å². The Morgan fingerprint density at radius 1 is 1.21 bits per heavy atom. The molecule has 1 aliphatic carbocycles. The summed E-state index contributed by atoms with van der Waals surface area (Å²) in [6, 6.07) is 7.11. The molecule has 8 nitrogen and oxygen atoms in total. The van der Waals surface area contributed by atoms with Crippen LogP contribution in [0.2, 0.25) is 0 Å². The Morgan fingerprint density at radius 3 is 2.53 bits per heavy atom. The van der Waals surface area contributed by atoms with Crippen LogP contribution in [-0.4, -0.2) is 52.9 Å². The van der Waals surface area contributed by atoms with Crippen LogP contribution in [0.25, 0.3) is 11.5 Å². The highest BCUT2D eigenvalue weighted by Crippen LogP contribution is 2.30. The number of ether oxygens (including phenoxy) is 2. The molecule has 2 aromatic rings. The van der Waals surface area contributed by atoms with Crippen molar-refractivity contribution in [1.82, 2.24) is 9.88 Å². The Labute approximate surface area is 201 Å². The average Bonchev–Trinajstić information content (AvgIpc) is 3.17. The number of methoxy groups -OCH3 is 1. The summed E-state index contributed by atoms with van der Waals surface area (Å²) in [5.74, 6) is 0.209. The molecule has 3 atom stereocenters. The molecule has 1 saturated carbocycles. The van der Waals surface area contributed by atoms with Crippen molar-refractivity contribution in [3.8, 4) is 11.5 Å². The molecule has 3 unspecified atom stereocenters. The number of carboxylic acid groups (broad SMARTS) is 1. The lowest BCUT2D eigenvalue weighted by Crippen LogP contribution is -2.50. The second-order valence-electron chi connectivity index (χ2n) is 9.50. The van der Waals surface area contributed by atoms with Gasteiger partial charge in [-0.1, -0.05) is 38.0 Å². The Kier molecular flexibility index (Phi) is 8.72. The third-order valence-electron chi connectivity index (χ3n) is 6.47. The maximum atomic E-state index is 12.4. The van der Waals surface area contributed by atoms with Gasteiger partial charge in [0.25, 0.3) is 0 Å². The van der Waals surface area contributed by atoms with Crippen molar-refractivity contribution in [2.24, 2.45) is 11.8 Å². The Hall–Kier alpha value is -2.87. The van der Waals surface area contributed by atoms with Gasteiger partial charge in [0, 0.05) is 12.1 Å². The van der Waals surface area contributed by atoms with Crippen molar-refractivity contribution in [3.63, 3.8) is 0 Å². The molecule has 8 heteroatoms. The summed E-state index contributed by atoms with van der Waals surface area (Å²) in [7, 11) is 1.28. The van der Waals surface area contributed by atoms with Crippen LogP contribution in [0, 0.1) is 25.7 Å². The summed E-state index contributed by atoms with van der Waals surface area (Å²) in [6.07, 6.45) is 2.95. The molecule has 0 saturated heterocycles. The topological polar surface area (TPSA) is 102 Å². The molecule has 0 aliphatic heterocycles. The number of carbonyl (C=O) groups excluding carboxylic acids is 1. The molecule has 1 aliphatic rings. The third-order valence-corrected chi connectivity index (χ3v) is 6.47. The minimum Gasteiger partial charge on any atom is -0.480 e. The maximum Gasteiger partial charge on any atom is 0.410 e. The van der Waals surface area contributed by atoms with Crippen LogP contribution in [0.5, 0.6) is 0 Å². The Balaban J connectivity index is 1.62. The monoisotopic (exact) mass is 472 g/mol. The van der Waals surface area contributed by atoms with E-state index < -0.39 is 18.1 Å². The molecule has 1 aromatic heterocycles. The molecule has 1 amide bonds. The second-order valence-corrected chi connectivity index (χ2v) is 9.50. The van der Waals surface area contributed by atoms with E-state index in [1.807, 2.05) is 38.1 Å². The van der Waals surface area contributed by atoms with E-state index in [0.717, 1.165) is 42.7 Å². The van der Waals surface area contributed by atoms with Crippen molar-refractivity contribution >= 4 is 12.1 Å². The number of hydrogen-bond donors (Lipinski definition) is 1. The zero-order chi connectivity index (χ0) is 24.8. The van der Waals surface area contributed by atoms with Crippen molar-refractivity contribution in [1.29, 1.82) is 0 Å². The summed E-state index contributed by atoms with van der Waals surface area (Å²) >= 11 is 0.